The average Bonchev–Trinajstić information content (AvgIpc) is 2.17. The maximum atomic E-state index is 11.8. The number of hydrogen-bond acceptors (Lipinski definition) is 4. The molecule has 0 aliphatic carbocycles. The van der Waals surface area contributed by atoms with Crippen LogP contribution >= 0.6 is 0 Å². The van der Waals surface area contributed by atoms with E-state index in [0.717, 1.165) is 0 Å². The van der Waals surface area contributed by atoms with E-state index in [-0.39, 0.29) is 18.6 Å². The zero-order valence-corrected chi connectivity index (χ0v) is 11.7. The molecule has 3 atom stereocenters. The van der Waals surface area contributed by atoms with Crippen LogP contribution in [0.25, 0.3) is 0 Å². The van der Waals surface area contributed by atoms with Gasteiger partial charge in [-0.15, -0.1) is 0 Å². The van der Waals surface area contributed by atoms with Gasteiger partial charge in [-0.1, -0.05) is 0 Å². The van der Waals surface area contributed by atoms with E-state index in [1.807, 2.05) is 20.8 Å². The fourth-order valence-corrected chi connectivity index (χ4v) is 2.19. The molecule has 1 saturated heterocycles. The summed E-state index contributed by atoms with van der Waals surface area (Å²) in [7, 11) is 0. The van der Waals surface area contributed by atoms with Crippen molar-refractivity contribution >= 4 is 6.09 Å². The Morgan fingerprint density at radius 1 is 1.50 bits per heavy atom. The third kappa shape index (κ3) is 4.82. The molecule has 0 spiro atoms. The van der Waals surface area contributed by atoms with E-state index in [2.05, 4.69) is 0 Å². The second kappa shape index (κ2) is 5.89. The van der Waals surface area contributed by atoms with Gasteiger partial charge in [-0.05, 0) is 46.5 Å². The largest absolute Gasteiger partial charge is 0.444 e. The molecule has 0 bridgehead atoms. The first-order valence-electron chi connectivity index (χ1n) is 6.53. The molecule has 1 aliphatic rings. The number of carbonyl (C=O) groups excluding carboxylic acids is 1. The quantitative estimate of drug-likeness (QED) is 0.786. The maximum Gasteiger partial charge on any atom is 0.410 e. The molecular weight excluding hydrogens is 234 g/mol. The summed E-state index contributed by atoms with van der Waals surface area (Å²) in [5.74, 6) is 0.0590. The van der Waals surface area contributed by atoms with Gasteiger partial charge in [0.1, 0.15) is 5.60 Å². The van der Waals surface area contributed by atoms with Crippen molar-refractivity contribution in [3.63, 3.8) is 0 Å². The normalized spacial score (nSPS) is 26.9. The number of β-amino-alcohol motifs (C(OH)–C–C–N with tert-alkyl or cyclic N) is 1. The zero-order chi connectivity index (χ0) is 13.9. The van der Waals surface area contributed by atoms with Crippen LogP contribution in [0.2, 0.25) is 0 Å². The van der Waals surface area contributed by atoms with Crippen LogP contribution in [0.1, 0.15) is 40.5 Å². The number of piperidine rings is 1. The average molecular weight is 259 g/mol. The molecule has 5 nitrogen and oxygen atoms in total. The minimum absolute atomic E-state index is 0.0590. The minimum Gasteiger partial charge on any atom is -0.444 e. The Kier molecular flexibility index (Phi) is 4.99. The smallest absolute Gasteiger partial charge is 0.410 e. The van der Waals surface area contributed by atoms with Crippen molar-refractivity contribution in [1.82, 2.24) is 4.90 Å². The van der Waals surface area contributed by atoms with Crippen LogP contribution in [0, 0.1) is 5.92 Å². The van der Waals surface area contributed by atoms with Gasteiger partial charge in [-0.2, -0.15) is 0 Å². The number of likely N-dealkylation sites (tertiary alicyclic amines) is 1. The number of nitrogens with zero attached hydrogens (tertiary/aromatic N) is 1. The van der Waals surface area contributed by atoms with E-state index in [0.29, 0.717) is 19.4 Å². The van der Waals surface area contributed by atoms with Gasteiger partial charge in [0.2, 0.25) is 0 Å². The maximum absolute atomic E-state index is 11.8. The molecule has 1 amide bonds. The number of ether oxygens (including phenoxy) is 1. The van der Waals surface area contributed by atoms with Gasteiger partial charge in [0.25, 0.3) is 0 Å². The highest BCUT2D eigenvalue weighted by atomic mass is 16.6. The first kappa shape index (κ1) is 15.2. The summed E-state index contributed by atoms with van der Waals surface area (Å²) in [5.41, 5.74) is -0.515. The van der Waals surface area contributed by atoms with E-state index in [1.165, 1.54) is 4.90 Å². The molecule has 0 aromatic rings. The molecule has 0 aromatic carbocycles. The van der Waals surface area contributed by atoms with Gasteiger partial charge in [0.15, 0.2) is 0 Å². The number of aliphatic hydroxyl groups excluding tert-OH is 2. The predicted octanol–water partition coefficient (Wildman–Crippen LogP) is 1.38. The standard InChI is InChI=1S/C13H25NO4/c1-9(15)7-10-5-6-14(8-11(10)16)12(17)18-13(2,3)4/h9-11,15-16H,5-8H2,1-4H3. The third-order valence-electron chi connectivity index (χ3n) is 3.02. The molecule has 106 valence electrons. The Balaban J connectivity index is 2.48. The lowest BCUT2D eigenvalue weighted by Gasteiger charge is -2.37. The van der Waals surface area contributed by atoms with E-state index in [4.69, 9.17) is 4.74 Å². The Morgan fingerprint density at radius 2 is 2.11 bits per heavy atom. The first-order valence-corrected chi connectivity index (χ1v) is 6.53. The summed E-state index contributed by atoms with van der Waals surface area (Å²) in [6, 6.07) is 0. The molecule has 1 rings (SSSR count). The van der Waals surface area contributed by atoms with E-state index in [1.54, 1.807) is 6.92 Å². The number of hydrogen-bond donors (Lipinski definition) is 2. The van der Waals surface area contributed by atoms with Gasteiger partial charge in [0.05, 0.1) is 18.8 Å². The Labute approximate surface area is 109 Å². The lowest BCUT2D eigenvalue weighted by molar-refractivity contribution is -0.0210. The third-order valence-corrected chi connectivity index (χ3v) is 3.02. The van der Waals surface area contributed by atoms with Gasteiger partial charge < -0.3 is 19.8 Å². The van der Waals surface area contributed by atoms with Crippen LogP contribution in [-0.4, -0.2) is 52.1 Å². The number of aliphatic hydroxyl groups is 2. The fraction of sp³-hybridized carbons (Fsp3) is 0.923. The molecule has 2 N–H and O–H groups in total. The van der Waals surface area contributed by atoms with Crippen molar-refractivity contribution in [3.05, 3.63) is 0 Å². The van der Waals surface area contributed by atoms with Crippen molar-refractivity contribution in [2.45, 2.75) is 58.3 Å². The molecule has 1 fully saturated rings. The molecule has 18 heavy (non-hydrogen) atoms. The summed E-state index contributed by atoms with van der Waals surface area (Å²) < 4.78 is 5.27. The Hall–Kier alpha value is -0.810. The number of rotatable bonds is 2. The van der Waals surface area contributed by atoms with E-state index < -0.39 is 17.8 Å². The molecule has 5 heteroatoms. The predicted molar refractivity (Wildman–Crippen MR) is 68.2 cm³/mol. The molecular formula is C13H25NO4. The Bertz CT molecular complexity index is 285. The first-order chi connectivity index (χ1) is 8.19. The summed E-state index contributed by atoms with van der Waals surface area (Å²) in [6.45, 7) is 8.03. The minimum atomic E-state index is -0.583. The van der Waals surface area contributed by atoms with Crippen molar-refractivity contribution in [2.75, 3.05) is 13.1 Å². The highest BCUT2D eigenvalue weighted by molar-refractivity contribution is 5.68. The van der Waals surface area contributed by atoms with Crippen LogP contribution in [0.15, 0.2) is 0 Å². The van der Waals surface area contributed by atoms with E-state index >= 15 is 0 Å². The number of amides is 1. The summed E-state index contributed by atoms with van der Waals surface area (Å²) >= 11 is 0. The highest BCUT2D eigenvalue weighted by Gasteiger charge is 2.32. The molecule has 1 aliphatic heterocycles. The van der Waals surface area contributed by atoms with Crippen LogP contribution in [-0.2, 0) is 4.74 Å². The van der Waals surface area contributed by atoms with Crippen molar-refractivity contribution in [2.24, 2.45) is 5.92 Å². The van der Waals surface area contributed by atoms with Crippen LogP contribution < -0.4 is 0 Å². The highest BCUT2D eigenvalue weighted by Crippen LogP contribution is 2.23. The van der Waals surface area contributed by atoms with Crippen LogP contribution in [0.4, 0.5) is 4.79 Å². The van der Waals surface area contributed by atoms with Gasteiger partial charge >= 0.3 is 6.09 Å². The summed E-state index contributed by atoms with van der Waals surface area (Å²) in [5, 5.41) is 19.3. The Morgan fingerprint density at radius 3 is 2.56 bits per heavy atom. The van der Waals surface area contributed by atoms with Crippen LogP contribution in [0.5, 0.6) is 0 Å². The monoisotopic (exact) mass is 259 g/mol. The molecule has 0 saturated carbocycles. The molecule has 0 radical (unpaired) electrons. The second-order valence-corrected chi connectivity index (χ2v) is 6.13. The SMILES string of the molecule is CC(O)CC1CCN(C(=O)OC(C)(C)C)CC1O. The lowest BCUT2D eigenvalue weighted by Crippen LogP contribution is -2.48. The van der Waals surface area contributed by atoms with Gasteiger partial charge in [-0.3, -0.25) is 0 Å². The van der Waals surface area contributed by atoms with Gasteiger partial charge in [0, 0.05) is 6.54 Å². The second-order valence-electron chi connectivity index (χ2n) is 6.13. The molecule has 3 unspecified atom stereocenters. The molecule has 1 heterocycles. The summed E-state index contributed by atoms with van der Waals surface area (Å²) in [4.78, 5) is 13.4. The summed E-state index contributed by atoms with van der Waals surface area (Å²) in [6.07, 6.45) is -0.107. The van der Waals surface area contributed by atoms with E-state index in [9.17, 15) is 15.0 Å². The topological polar surface area (TPSA) is 70.0 Å². The fourth-order valence-electron chi connectivity index (χ4n) is 2.19. The van der Waals surface area contributed by atoms with Crippen molar-refractivity contribution in [3.8, 4) is 0 Å². The van der Waals surface area contributed by atoms with Gasteiger partial charge in [-0.25, -0.2) is 4.79 Å². The zero-order valence-electron chi connectivity index (χ0n) is 11.7. The van der Waals surface area contributed by atoms with Crippen molar-refractivity contribution < 1.29 is 19.7 Å². The van der Waals surface area contributed by atoms with Crippen LogP contribution in [0.3, 0.4) is 0 Å². The molecule has 0 aromatic heterocycles. The van der Waals surface area contributed by atoms with Crippen molar-refractivity contribution in [1.29, 1.82) is 0 Å². The lowest BCUT2D eigenvalue weighted by atomic mass is 9.89. The number of carbonyl (C=O) groups is 1.